The Labute approximate surface area is 110 Å². The fraction of sp³-hybridized carbons (Fsp3) is 0.0667. The molecule has 0 spiro atoms. The number of hydrogen-bond donors (Lipinski definition) is 1. The molecule has 0 aromatic heterocycles. The van der Waals surface area contributed by atoms with E-state index in [2.05, 4.69) is 0 Å². The average Bonchev–Trinajstić information content (AvgIpc) is 2.46. The van der Waals surface area contributed by atoms with Crippen LogP contribution < -0.4 is 0 Å². The molecule has 0 aliphatic rings. The van der Waals surface area contributed by atoms with Crippen molar-refractivity contribution >= 4 is 5.97 Å². The van der Waals surface area contributed by atoms with Gasteiger partial charge in [-0.2, -0.15) is 5.26 Å². The predicted octanol–water partition coefficient (Wildman–Crippen LogP) is 2.72. The second-order valence-electron chi connectivity index (χ2n) is 3.91. The molecule has 19 heavy (non-hydrogen) atoms. The Morgan fingerprint density at radius 1 is 1.21 bits per heavy atom. The molecule has 0 unspecified atom stereocenters. The normalized spacial score (nSPS) is 9.68. The summed E-state index contributed by atoms with van der Waals surface area (Å²) in [4.78, 5) is 11.7. The maximum absolute atomic E-state index is 11.7. The molecular formula is C15H11NO3. The minimum atomic E-state index is -0.518. The Hall–Kier alpha value is -2.80. The van der Waals surface area contributed by atoms with Gasteiger partial charge in [0.2, 0.25) is 0 Å². The number of benzene rings is 2. The standard InChI is InChI=1S/C15H11NO3/c1-19-15(18)14-8-12(17)6-7-13(14)11-4-2-10(9-16)3-5-11/h2-8,17H,1H3. The van der Waals surface area contributed by atoms with Crippen LogP contribution in [0.3, 0.4) is 0 Å². The van der Waals surface area contributed by atoms with Crippen molar-refractivity contribution in [2.24, 2.45) is 0 Å². The van der Waals surface area contributed by atoms with Gasteiger partial charge < -0.3 is 9.84 Å². The summed E-state index contributed by atoms with van der Waals surface area (Å²) in [6.07, 6.45) is 0. The van der Waals surface area contributed by atoms with Crippen LogP contribution in [-0.4, -0.2) is 18.2 Å². The highest BCUT2D eigenvalue weighted by Gasteiger charge is 2.14. The molecule has 0 bridgehead atoms. The minimum absolute atomic E-state index is 0.00204. The van der Waals surface area contributed by atoms with E-state index in [1.165, 1.54) is 19.2 Å². The monoisotopic (exact) mass is 253 g/mol. The third-order valence-electron chi connectivity index (χ3n) is 2.73. The van der Waals surface area contributed by atoms with E-state index in [9.17, 15) is 9.90 Å². The van der Waals surface area contributed by atoms with Crippen molar-refractivity contribution in [2.75, 3.05) is 7.11 Å². The number of nitriles is 1. The van der Waals surface area contributed by atoms with Crippen molar-refractivity contribution in [3.63, 3.8) is 0 Å². The Morgan fingerprint density at radius 2 is 1.89 bits per heavy atom. The van der Waals surface area contributed by atoms with Crippen molar-refractivity contribution in [3.05, 3.63) is 53.6 Å². The summed E-state index contributed by atoms with van der Waals surface area (Å²) in [5.41, 5.74) is 2.25. The Balaban J connectivity index is 2.54. The molecule has 2 aromatic carbocycles. The Morgan fingerprint density at radius 3 is 2.47 bits per heavy atom. The van der Waals surface area contributed by atoms with E-state index in [0.29, 0.717) is 11.1 Å². The van der Waals surface area contributed by atoms with E-state index in [1.54, 1.807) is 30.3 Å². The van der Waals surface area contributed by atoms with E-state index in [0.717, 1.165) is 5.56 Å². The van der Waals surface area contributed by atoms with Crippen molar-refractivity contribution in [1.29, 1.82) is 5.26 Å². The number of esters is 1. The highest BCUT2D eigenvalue weighted by Crippen LogP contribution is 2.27. The van der Waals surface area contributed by atoms with Crippen LogP contribution in [-0.2, 0) is 4.74 Å². The lowest BCUT2D eigenvalue weighted by Gasteiger charge is -2.08. The largest absolute Gasteiger partial charge is 0.508 e. The molecule has 2 aromatic rings. The van der Waals surface area contributed by atoms with Crippen LogP contribution >= 0.6 is 0 Å². The van der Waals surface area contributed by atoms with E-state index in [-0.39, 0.29) is 11.3 Å². The van der Waals surface area contributed by atoms with Crippen LogP contribution in [0.4, 0.5) is 0 Å². The number of rotatable bonds is 2. The van der Waals surface area contributed by atoms with Crippen LogP contribution in [0.5, 0.6) is 5.75 Å². The lowest BCUT2D eigenvalue weighted by Crippen LogP contribution is -2.03. The van der Waals surface area contributed by atoms with Crippen LogP contribution in [0, 0.1) is 11.3 Å². The van der Waals surface area contributed by atoms with Gasteiger partial charge in [-0.1, -0.05) is 12.1 Å². The maximum Gasteiger partial charge on any atom is 0.338 e. The van der Waals surface area contributed by atoms with Gasteiger partial charge in [-0.25, -0.2) is 4.79 Å². The number of hydrogen-bond acceptors (Lipinski definition) is 4. The first kappa shape index (κ1) is 12.7. The van der Waals surface area contributed by atoms with Gasteiger partial charge in [-0.15, -0.1) is 0 Å². The molecular weight excluding hydrogens is 242 g/mol. The Kier molecular flexibility index (Phi) is 3.48. The van der Waals surface area contributed by atoms with Crippen LogP contribution in [0.2, 0.25) is 0 Å². The van der Waals surface area contributed by atoms with Gasteiger partial charge >= 0.3 is 5.97 Å². The Bertz CT molecular complexity index is 654. The van der Waals surface area contributed by atoms with Gasteiger partial charge in [-0.3, -0.25) is 0 Å². The number of phenolic OH excluding ortho intramolecular Hbond substituents is 1. The molecule has 94 valence electrons. The number of aromatic hydroxyl groups is 1. The van der Waals surface area contributed by atoms with Gasteiger partial charge in [0.25, 0.3) is 0 Å². The maximum atomic E-state index is 11.7. The van der Waals surface area contributed by atoms with Gasteiger partial charge in [0.1, 0.15) is 5.75 Å². The first-order valence-corrected chi connectivity index (χ1v) is 5.57. The summed E-state index contributed by atoms with van der Waals surface area (Å²) < 4.78 is 4.70. The SMILES string of the molecule is COC(=O)c1cc(O)ccc1-c1ccc(C#N)cc1. The molecule has 0 saturated carbocycles. The molecule has 1 N–H and O–H groups in total. The molecule has 4 heteroatoms. The zero-order chi connectivity index (χ0) is 13.8. The minimum Gasteiger partial charge on any atom is -0.508 e. The predicted molar refractivity (Wildman–Crippen MR) is 69.6 cm³/mol. The highest BCUT2D eigenvalue weighted by atomic mass is 16.5. The molecule has 0 aliphatic carbocycles. The molecule has 0 radical (unpaired) electrons. The smallest absolute Gasteiger partial charge is 0.338 e. The topological polar surface area (TPSA) is 70.3 Å². The summed E-state index contributed by atoms with van der Waals surface area (Å²) in [6, 6.07) is 13.4. The molecule has 4 nitrogen and oxygen atoms in total. The quantitative estimate of drug-likeness (QED) is 0.835. The molecule has 0 heterocycles. The highest BCUT2D eigenvalue weighted by molar-refractivity contribution is 5.97. The van der Waals surface area contributed by atoms with Crippen LogP contribution in [0.25, 0.3) is 11.1 Å². The summed E-state index contributed by atoms with van der Waals surface area (Å²) in [5, 5.41) is 18.2. The van der Waals surface area contributed by atoms with Crippen molar-refractivity contribution < 1.29 is 14.6 Å². The van der Waals surface area contributed by atoms with E-state index in [1.807, 2.05) is 6.07 Å². The molecule has 2 rings (SSSR count). The first-order valence-electron chi connectivity index (χ1n) is 5.57. The molecule has 0 saturated heterocycles. The number of methoxy groups -OCH3 is 1. The summed E-state index contributed by atoms with van der Waals surface area (Å²) in [7, 11) is 1.29. The van der Waals surface area contributed by atoms with Gasteiger partial charge in [0.15, 0.2) is 0 Å². The zero-order valence-corrected chi connectivity index (χ0v) is 10.3. The molecule has 0 aliphatic heterocycles. The van der Waals surface area contributed by atoms with Crippen LogP contribution in [0.15, 0.2) is 42.5 Å². The number of nitrogens with zero attached hydrogens (tertiary/aromatic N) is 1. The summed E-state index contributed by atoms with van der Waals surface area (Å²) in [5.74, 6) is -0.520. The number of carbonyl (C=O) groups excluding carboxylic acids is 1. The van der Waals surface area contributed by atoms with Crippen molar-refractivity contribution in [3.8, 4) is 22.9 Å². The van der Waals surface area contributed by atoms with Crippen LogP contribution in [0.1, 0.15) is 15.9 Å². The average molecular weight is 253 g/mol. The third-order valence-corrected chi connectivity index (χ3v) is 2.73. The number of phenols is 1. The second kappa shape index (κ2) is 5.23. The van der Waals surface area contributed by atoms with E-state index >= 15 is 0 Å². The third kappa shape index (κ3) is 2.55. The fourth-order valence-electron chi connectivity index (χ4n) is 1.79. The van der Waals surface area contributed by atoms with Gasteiger partial charge in [0, 0.05) is 0 Å². The molecule has 0 atom stereocenters. The zero-order valence-electron chi connectivity index (χ0n) is 10.3. The lowest BCUT2D eigenvalue weighted by atomic mass is 9.98. The van der Waals surface area contributed by atoms with E-state index < -0.39 is 5.97 Å². The van der Waals surface area contributed by atoms with Crippen molar-refractivity contribution in [1.82, 2.24) is 0 Å². The second-order valence-corrected chi connectivity index (χ2v) is 3.91. The van der Waals surface area contributed by atoms with Gasteiger partial charge in [0.05, 0.1) is 24.3 Å². The number of carbonyl (C=O) groups is 1. The first-order chi connectivity index (χ1) is 9.15. The van der Waals surface area contributed by atoms with E-state index in [4.69, 9.17) is 10.00 Å². The number of ether oxygens (including phenoxy) is 1. The van der Waals surface area contributed by atoms with Gasteiger partial charge in [-0.05, 0) is 41.5 Å². The fourth-order valence-corrected chi connectivity index (χ4v) is 1.79. The summed E-state index contributed by atoms with van der Waals surface area (Å²) >= 11 is 0. The van der Waals surface area contributed by atoms with Crippen molar-refractivity contribution in [2.45, 2.75) is 0 Å². The molecule has 0 fully saturated rings. The summed E-state index contributed by atoms with van der Waals surface area (Å²) in [6.45, 7) is 0. The lowest BCUT2D eigenvalue weighted by molar-refractivity contribution is 0.0601. The molecule has 0 amide bonds.